The molecule has 0 bridgehead atoms. The molecule has 1 saturated carbocycles. The highest BCUT2D eigenvalue weighted by atomic mass is 16.5. The third-order valence-electron chi connectivity index (χ3n) is 2.89. The third kappa shape index (κ3) is 2.02. The van der Waals surface area contributed by atoms with Gasteiger partial charge in [0.25, 0.3) is 0 Å². The van der Waals surface area contributed by atoms with Gasteiger partial charge in [0, 0.05) is 0 Å². The smallest absolute Gasteiger partial charge is 0.337 e. The topological polar surface area (TPSA) is 46.5 Å². The van der Waals surface area contributed by atoms with E-state index in [0.717, 1.165) is 18.4 Å². The second kappa shape index (κ2) is 4.03. The van der Waals surface area contributed by atoms with E-state index in [1.165, 1.54) is 7.11 Å². The van der Waals surface area contributed by atoms with E-state index >= 15 is 0 Å². The number of carbonyl (C=O) groups is 1. The van der Waals surface area contributed by atoms with E-state index in [2.05, 4.69) is 4.74 Å². The van der Waals surface area contributed by atoms with Gasteiger partial charge in [-0.05, 0) is 36.5 Å². The van der Waals surface area contributed by atoms with Crippen LogP contribution in [0.5, 0.6) is 0 Å². The fourth-order valence-corrected chi connectivity index (χ4v) is 1.90. The van der Waals surface area contributed by atoms with Crippen LogP contribution >= 0.6 is 0 Å². The van der Waals surface area contributed by atoms with Gasteiger partial charge in [-0.3, -0.25) is 0 Å². The normalized spacial score (nSPS) is 24.4. The molecule has 3 nitrogen and oxygen atoms in total. The lowest BCUT2D eigenvalue weighted by atomic mass is 9.77. The molecule has 80 valence electrons. The summed E-state index contributed by atoms with van der Waals surface area (Å²) in [5, 5.41) is 9.21. The minimum Gasteiger partial charge on any atom is -0.465 e. The molecule has 0 unspecified atom stereocenters. The van der Waals surface area contributed by atoms with Crippen LogP contribution in [0.3, 0.4) is 0 Å². The molecule has 15 heavy (non-hydrogen) atoms. The molecule has 3 heteroatoms. The molecule has 0 spiro atoms. The highest BCUT2D eigenvalue weighted by Crippen LogP contribution is 2.36. The van der Waals surface area contributed by atoms with E-state index in [1.54, 1.807) is 6.07 Å². The Morgan fingerprint density at radius 3 is 2.80 bits per heavy atom. The molecule has 0 aromatic heterocycles. The van der Waals surface area contributed by atoms with Crippen molar-refractivity contribution in [2.45, 2.75) is 24.9 Å². The van der Waals surface area contributed by atoms with E-state index in [4.69, 9.17) is 0 Å². The summed E-state index contributed by atoms with van der Waals surface area (Å²) in [5.74, 6) is 0.0846. The SMILES string of the molecule is COC(=O)c1cccc(C2CC(O)C2)c1. The zero-order valence-electron chi connectivity index (χ0n) is 8.64. The number of rotatable bonds is 2. The summed E-state index contributed by atoms with van der Waals surface area (Å²) < 4.78 is 4.66. The lowest BCUT2D eigenvalue weighted by molar-refractivity contribution is 0.0600. The van der Waals surface area contributed by atoms with Gasteiger partial charge in [-0.15, -0.1) is 0 Å². The van der Waals surface area contributed by atoms with E-state index in [-0.39, 0.29) is 12.1 Å². The van der Waals surface area contributed by atoms with E-state index < -0.39 is 0 Å². The Balaban J connectivity index is 2.16. The number of esters is 1. The maximum absolute atomic E-state index is 11.3. The van der Waals surface area contributed by atoms with Gasteiger partial charge in [0.05, 0.1) is 18.8 Å². The van der Waals surface area contributed by atoms with Crippen LogP contribution in [0, 0.1) is 0 Å². The highest BCUT2D eigenvalue weighted by Gasteiger charge is 2.28. The molecule has 0 heterocycles. The number of hydrogen-bond donors (Lipinski definition) is 1. The van der Waals surface area contributed by atoms with Crippen LogP contribution in [-0.4, -0.2) is 24.3 Å². The van der Waals surface area contributed by atoms with Crippen molar-refractivity contribution >= 4 is 5.97 Å². The number of ether oxygens (including phenoxy) is 1. The zero-order valence-corrected chi connectivity index (χ0v) is 8.64. The summed E-state index contributed by atoms with van der Waals surface area (Å²) in [6.45, 7) is 0. The summed E-state index contributed by atoms with van der Waals surface area (Å²) in [7, 11) is 1.38. The minimum absolute atomic E-state index is 0.170. The first-order valence-corrected chi connectivity index (χ1v) is 5.07. The van der Waals surface area contributed by atoms with Crippen LogP contribution in [0.2, 0.25) is 0 Å². The van der Waals surface area contributed by atoms with Crippen molar-refractivity contribution in [2.75, 3.05) is 7.11 Å². The first-order chi connectivity index (χ1) is 7.20. The zero-order chi connectivity index (χ0) is 10.8. The molecule has 1 aromatic carbocycles. The number of hydrogen-bond acceptors (Lipinski definition) is 3. The van der Waals surface area contributed by atoms with Gasteiger partial charge in [0.1, 0.15) is 0 Å². The van der Waals surface area contributed by atoms with Crippen LogP contribution in [-0.2, 0) is 4.74 Å². The van der Waals surface area contributed by atoms with Gasteiger partial charge in [0.2, 0.25) is 0 Å². The summed E-state index contributed by atoms with van der Waals surface area (Å²) in [6, 6.07) is 7.43. The van der Waals surface area contributed by atoms with Gasteiger partial charge in [0.15, 0.2) is 0 Å². The fourth-order valence-electron chi connectivity index (χ4n) is 1.90. The van der Waals surface area contributed by atoms with Gasteiger partial charge in [-0.2, -0.15) is 0 Å². The first-order valence-electron chi connectivity index (χ1n) is 5.07. The molecule has 1 aliphatic rings. The second-order valence-electron chi connectivity index (χ2n) is 3.94. The molecule has 1 fully saturated rings. The van der Waals surface area contributed by atoms with Crippen molar-refractivity contribution in [1.29, 1.82) is 0 Å². The van der Waals surface area contributed by atoms with Crippen LogP contribution in [0.1, 0.15) is 34.7 Å². The number of methoxy groups -OCH3 is 1. The van der Waals surface area contributed by atoms with Gasteiger partial charge in [-0.1, -0.05) is 12.1 Å². The Kier molecular flexibility index (Phi) is 2.73. The standard InChI is InChI=1S/C12H14O3/c1-15-12(14)9-4-2-3-8(5-9)10-6-11(13)7-10/h2-5,10-11,13H,6-7H2,1H3. The number of aliphatic hydroxyl groups is 1. The molecule has 0 atom stereocenters. The summed E-state index contributed by atoms with van der Waals surface area (Å²) in [6.07, 6.45) is 1.42. The van der Waals surface area contributed by atoms with Crippen molar-refractivity contribution in [3.8, 4) is 0 Å². The molecule has 0 amide bonds. The molecule has 1 aromatic rings. The predicted molar refractivity (Wildman–Crippen MR) is 55.8 cm³/mol. The Morgan fingerprint density at radius 1 is 1.47 bits per heavy atom. The average molecular weight is 206 g/mol. The molecule has 0 radical (unpaired) electrons. The number of carbonyl (C=O) groups excluding carboxylic acids is 1. The van der Waals surface area contributed by atoms with E-state index in [0.29, 0.717) is 11.5 Å². The van der Waals surface area contributed by atoms with Crippen molar-refractivity contribution in [3.05, 3.63) is 35.4 Å². The first kappa shape index (κ1) is 10.2. The molecule has 1 aliphatic carbocycles. The Bertz CT molecular complexity index is 367. The van der Waals surface area contributed by atoms with Crippen LogP contribution in [0.4, 0.5) is 0 Å². The largest absolute Gasteiger partial charge is 0.465 e. The van der Waals surface area contributed by atoms with Crippen LogP contribution in [0.15, 0.2) is 24.3 Å². The van der Waals surface area contributed by atoms with Crippen molar-refractivity contribution in [3.63, 3.8) is 0 Å². The summed E-state index contributed by atoms with van der Waals surface area (Å²) in [5.41, 5.74) is 1.69. The average Bonchev–Trinajstić information content (AvgIpc) is 2.24. The maximum Gasteiger partial charge on any atom is 0.337 e. The minimum atomic E-state index is -0.309. The fraction of sp³-hybridized carbons (Fsp3) is 0.417. The highest BCUT2D eigenvalue weighted by molar-refractivity contribution is 5.89. The lowest BCUT2D eigenvalue weighted by Crippen LogP contribution is -2.26. The number of aliphatic hydroxyl groups excluding tert-OH is 1. The Morgan fingerprint density at radius 2 is 2.20 bits per heavy atom. The predicted octanol–water partition coefficient (Wildman–Crippen LogP) is 1.71. The molecule has 1 N–H and O–H groups in total. The Hall–Kier alpha value is -1.35. The summed E-state index contributed by atoms with van der Waals surface area (Å²) >= 11 is 0. The third-order valence-corrected chi connectivity index (χ3v) is 2.89. The van der Waals surface area contributed by atoms with E-state index in [1.807, 2.05) is 18.2 Å². The van der Waals surface area contributed by atoms with E-state index in [9.17, 15) is 9.90 Å². The van der Waals surface area contributed by atoms with Gasteiger partial charge in [-0.25, -0.2) is 4.79 Å². The second-order valence-corrected chi connectivity index (χ2v) is 3.94. The monoisotopic (exact) mass is 206 g/mol. The molecule has 0 saturated heterocycles. The molecular weight excluding hydrogens is 192 g/mol. The van der Waals surface area contributed by atoms with Gasteiger partial charge >= 0.3 is 5.97 Å². The summed E-state index contributed by atoms with van der Waals surface area (Å²) in [4.78, 5) is 11.3. The molecular formula is C12H14O3. The molecule has 0 aliphatic heterocycles. The molecule has 2 rings (SSSR count). The van der Waals surface area contributed by atoms with Crippen molar-refractivity contribution in [2.24, 2.45) is 0 Å². The van der Waals surface area contributed by atoms with Crippen molar-refractivity contribution in [1.82, 2.24) is 0 Å². The van der Waals surface area contributed by atoms with Crippen LogP contribution in [0.25, 0.3) is 0 Å². The number of benzene rings is 1. The lowest BCUT2D eigenvalue weighted by Gasteiger charge is -2.31. The maximum atomic E-state index is 11.3. The quantitative estimate of drug-likeness (QED) is 0.749. The van der Waals surface area contributed by atoms with Gasteiger partial charge < -0.3 is 9.84 Å². The Labute approximate surface area is 88.7 Å². The van der Waals surface area contributed by atoms with Crippen LogP contribution < -0.4 is 0 Å². The van der Waals surface area contributed by atoms with Crippen molar-refractivity contribution < 1.29 is 14.6 Å².